The van der Waals surface area contributed by atoms with E-state index in [9.17, 15) is 18.0 Å². The molecule has 0 bridgehead atoms. The van der Waals surface area contributed by atoms with Crippen LogP contribution >= 0.6 is 12.2 Å². The zero-order valence-electron chi connectivity index (χ0n) is 11.3. The van der Waals surface area contributed by atoms with Gasteiger partial charge in [0.25, 0.3) is 0 Å². The summed E-state index contributed by atoms with van der Waals surface area (Å²) in [5.74, 6) is -0.632. The van der Waals surface area contributed by atoms with E-state index in [-0.39, 0.29) is 37.6 Å². The second-order valence-electron chi connectivity index (χ2n) is 4.90. The number of carbonyl (C=O) groups excluding carboxylic acids is 1. The van der Waals surface area contributed by atoms with Gasteiger partial charge in [-0.1, -0.05) is 19.1 Å². The highest BCUT2D eigenvalue weighted by Gasteiger charge is 2.47. The molecule has 0 aromatic rings. The predicted molar refractivity (Wildman–Crippen MR) is 72.2 cm³/mol. The summed E-state index contributed by atoms with van der Waals surface area (Å²) in [7, 11) is 0. The molecule has 2 N–H and O–H groups in total. The Hall–Kier alpha value is -0.890. The highest BCUT2D eigenvalue weighted by atomic mass is 32.1. The summed E-state index contributed by atoms with van der Waals surface area (Å²) < 4.78 is 43.0. The minimum Gasteiger partial charge on any atom is -0.392 e. The van der Waals surface area contributed by atoms with Crippen LogP contribution in [0.4, 0.5) is 13.2 Å². The third-order valence-electron chi connectivity index (χ3n) is 3.38. The van der Waals surface area contributed by atoms with Crippen molar-refractivity contribution in [2.75, 3.05) is 26.3 Å². The fourth-order valence-electron chi connectivity index (χ4n) is 2.33. The van der Waals surface area contributed by atoms with E-state index in [1.807, 2.05) is 0 Å². The molecule has 1 aliphatic heterocycles. The summed E-state index contributed by atoms with van der Waals surface area (Å²) in [4.78, 5) is 13.3. The Kier molecular flexibility index (Phi) is 5.76. The van der Waals surface area contributed by atoms with Crippen molar-refractivity contribution in [2.24, 2.45) is 11.1 Å². The molecule has 1 saturated heterocycles. The molecule has 0 saturated carbocycles. The van der Waals surface area contributed by atoms with Gasteiger partial charge in [0.1, 0.15) is 12.0 Å². The average molecular weight is 312 g/mol. The summed E-state index contributed by atoms with van der Waals surface area (Å²) in [6, 6.07) is 0. The van der Waals surface area contributed by atoms with E-state index in [1.54, 1.807) is 6.92 Å². The molecule has 0 unspecified atom stereocenters. The zero-order chi connectivity index (χ0) is 15.4. The van der Waals surface area contributed by atoms with Gasteiger partial charge >= 0.3 is 6.18 Å². The Labute approximate surface area is 121 Å². The molecular formula is C12H19F3N2O2S. The van der Waals surface area contributed by atoms with Crippen LogP contribution in [0, 0.1) is 5.41 Å². The van der Waals surface area contributed by atoms with Gasteiger partial charge in [0.05, 0.1) is 4.99 Å². The van der Waals surface area contributed by atoms with Gasteiger partial charge in [0.2, 0.25) is 5.91 Å². The smallest absolute Gasteiger partial charge is 0.392 e. The van der Waals surface area contributed by atoms with Crippen LogP contribution in [0.1, 0.15) is 26.2 Å². The second kappa shape index (κ2) is 6.71. The summed E-state index contributed by atoms with van der Waals surface area (Å²) in [6.07, 6.45) is -3.53. The maximum Gasteiger partial charge on any atom is 0.406 e. The predicted octanol–water partition coefficient (Wildman–Crippen LogP) is 1.87. The first-order chi connectivity index (χ1) is 9.23. The molecule has 1 heterocycles. The molecule has 4 nitrogen and oxygen atoms in total. The van der Waals surface area contributed by atoms with Crippen LogP contribution < -0.4 is 5.73 Å². The Morgan fingerprint density at radius 3 is 2.35 bits per heavy atom. The Balaban J connectivity index is 2.98. The second-order valence-corrected chi connectivity index (χ2v) is 5.34. The van der Waals surface area contributed by atoms with Crippen LogP contribution in [0.3, 0.4) is 0 Å². The largest absolute Gasteiger partial charge is 0.406 e. The van der Waals surface area contributed by atoms with Gasteiger partial charge in [-0.2, -0.15) is 13.2 Å². The minimum absolute atomic E-state index is 0.0313. The number of thiocarbonyl (C=S) groups is 1. The number of ether oxygens (including phenoxy) is 1. The molecule has 1 amide bonds. The van der Waals surface area contributed by atoms with Gasteiger partial charge in [-0.3, -0.25) is 4.79 Å². The summed E-state index contributed by atoms with van der Waals surface area (Å²) >= 11 is 4.94. The van der Waals surface area contributed by atoms with Crippen molar-refractivity contribution in [1.82, 2.24) is 4.90 Å². The number of nitrogens with two attached hydrogens (primary N) is 1. The molecule has 0 aromatic heterocycles. The number of hydrogen-bond donors (Lipinski definition) is 1. The highest BCUT2D eigenvalue weighted by molar-refractivity contribution is 7.80. The maximum atomic E-state index is 12.6. The molecule has 0 atom stereocenters. The number of amides is 1. The Morgan fingerprint density at radius 1 is 1.40 bits per heavy atom. The monoisotopic (exact) mass is 312 g/mol. The van der Waals surface area contributed by atoms with Crippen molar-refractivity contribution < 1.29 is 22.7 Å². The van der Waals surface area contributed by atoms with E-state index < -0.39 is 24.0 Å². The number of halogens is 3. The van der Waals surface area contributed by atoms with E-state index in [4.69, 9.17) is 22.7 Å². The van der Waals surface area contributed by atoms with E-state index in [2.05, 4.69) is 0 Å². The number of hydrogen-bond acceptors (Lipinski definition) is 3. The lowest BCUT2D eigenvalue weighted by Gasteiger charge is -2.39. The minimum atomic E-state index is -4.44. The first-order valence-corrected chi connectivity index (χ1v) is 6.87. The maximum absolute atomic E-state index is 12.6. The van der Waals surface area contributed by atoms with Gasteiger partial charge in [0.15, 0.2) is 0 Å². The summed E-state index contributed by atoms with van der Waals surface area (Å²) in [5, 5.41) is 0. The summed E-state index contributed by atoms with van der Waals surface area (Å²) in [6.45, 7) is 1.02. The van der Waals surface area contributed by atoms with Gasteiger partial charge in [-0.25, -0.2) is 0 Å². The fraction of sp³-hybridized carbons (Fsp3) is 0.833. The molecule has 1 aliphatic rings. The van der Waals surface area contributed by atoms with Gasteiger partial charge in [-0.15, -0.1) is 0 Å². The van der Waals surface area contributed by atoms with Gasteiger partial charge in [-0.05, 0) is 19.3 Å². The van der Waals surface area contributed by atoms with Crippen LogP contribution in [0.2, 0.25) is 0 Å². The number of nitrogens with zero attached hydrogens (tertiary/aromatic N) is 1. The third kappa shape index (κ3) is 4.05. The Bertz CT molecular complexity index is 368. The van der Waals surface area contributed by atoms with Gasteiger partial charge < -0.3 is 15.4 Å². The topological polar surface area (TPSA) is 55.6 Å². The van der Waals surface area contributed by atoms with Crippen molar-refractivity contribution in [3.63, 3.8) is 0 Å². The molecule has 8 heteroatoms. The third-order valence-corrected chi connectivity index (χ3v) is 3.77. The van der Waals surface area contributed by atoms with Crippen LogP contribution in [-0.2, 0) is 9.53 Å². The summed E-state index contributed by atoms with van der Waals surface area (Å²) in [5.41, 5.74) is 4.45. The van der Waals surface area contributed by atoms with Crippen molar-refractivity contribution in [3.05, 3.63) is 0 Å². The quantitative estimate of drug-likeness (QED) is 0.788. The number of alkyl halides is 3. The van der Waals surface area contributed by atoms with Crippen molar-refractivity contribution in [2.45, 2.75) is 32.4 Å². The lowest BCUT2D eigenvalue weighted by molar-refractivity contribution is -0.167. The first-order valence-electron chi connectivity index (χ1n) is 6.47. The molecule has 0 radical (unpaired) electrons. The molecule has 0 spiro atoms. The molecule has 0 aromatic carbocycles. The molecule has 0 aliphatic carbocycles. The fourth-order valence-corrected chi connectivity index (χ4v) is 2.62. The normalized spacial score (nSPS) is 18.6. The van der Waals surface area contributed by atoms with Gasteiger partial charge in [0, 0.05) is 19.8 Å². The molecule has 116 valence electrons. The molecule has 1 fully saturated rings. The highest BCUT2D eigenvalue weighted by Crippen LogP contribution is 2.34. The van der Waals surface area contributed by atoms with Crippen LogP contribution in [-0.4, -0.2) is 48.3 Å². The van der Waals surface area contributed by atoms with Crippen molar-refractivity contribution >= 4 is 23.1 Å². The van der Waals surface area contributed by atoms with E-state index in [1.165, 1.54) is 0 Å². The lowest BCUT2D eigenvalue weighted by atomic mass is 9.78. The average Bonchev–Trinajstić information content (AvgIpc) is 2.36. The van der Waals surface area contributed by atoms with Crippen LogP contribution in [0.5, 0.6) is 0 Å². The Morgan fingerprint density at radius 2 is 1.95 bits per heavy atom. The van der Waals surface area contributed by atoms with Crippen LogP contribution in [0.15, 0.2) is 0 Å². The first kappa shape index (κ1) is 17.2. The number of carbonyl (C=O) groups is 1. The van der Waals surface area contributed by atoms with Crippen molar-refractivity contribution in [1.29, 1.82) is 0 Å². The van der Waals surface area contributed by atoms with Crippen molar-refractivity contribution in [3.8, 4) is 0 Å². The molecular weight excluding hydrogens is 293 g/mol. The molecule has 20 heavy (non-hydrogen) atoms. The standard InChI is InChI=1S/C12H19F3N2O2S/c1-2-5-17(8-12(13,14)15)10(18)11(9(16)20)3-6-19-7-4-11/h2-8H2,1H3,(H2,16,20). The van der Waals surface area contributed by atoms with E-state index >= 15 is 0 Å². The van der Waals surface area contributed by atoms with E-state index in [0.717, 1.165) is 4.90 Å². The van der Waals surface area contributed by atoms with Crippen LogP contribution in [0.25, 0.3) is 0 Å². The zero-order valence-corrected chi connectivity index (χ0v) is 12.1. The number of rotatable bonds is 5. The van der Waals surface area contributed by atoms with E-state index in [0.29, 0.717) is 6.42 Å². The molecule has 1 rings (SSSR count). The lowest BCUT2D eigenvalue weighted by Crippen LogP contribution is -2.55. The SMILES string of the molecule is CCCN(CC(F)(F)F)C(=O)C1(C(N)=S)CCOCC1.